The Morgan fingerprint density at radius 3 is 2.59 bits per heavy atom. The van der Waals surface area contributed by atoms with Gasteiger partial charge in [0.25, 0.3) is 11.8 Å². The minimum atomic E-state index is -2.74. The quantitative estimate of drug-likeness (QED) is 0.275. The van der Waals surface area contributed by atoms with Gasteiger partial charge in [-0.05, 0) is 50.7 Å². The van der Waals surface area contributed by atoms with E-state index in [0.717, 1.165) is 25.7 Å². The van der Waals surface area contributed by atoms with E-state index in [0.29, 0.717) is 31.1 Å². The number of pyridine rings is 1. The van der Waals surface area contributed by atoms with Crippen LogP contribution in [0.3, 0.4) is 0 Å². The van der Waals surface area contributed by atoms with Crippen molar-refractivity contribution in [2.75, 3.05) is 31.3 Å². The fourth-order valence-electron chi connectivity index (χ4n) is 3.33. The molecular weight excluding hydrogens is 427 g/mol. The number of esters is 1. The Morgan fingerprint density at radius 2 is 1.94 bits per heavy atom. The summed E-state index contributed by atoms with van der Waals surface area (Å²) in [7, 11) is 0. The zero-order valence-electron chi connectivity index (χ0n) is 18.2. The van der Waals surface area contributed by atoms with Crippen molar-refractivity contribution in [2.24, 2.45) is 5.92 Å². The smallest absolute Gasteiger partial charge is 0.307 e. The van der Waals surface area contributed by atoms with Crippen LogP contribution < -0.4 is 15.0 Å². The van der Waals surface area contributed by atoms with Crippen LogP contribution in [0.4, 0.5) is 18.9 Å². The molecular formula is C22H30F3N3O4. The summed E-state index contributed by atoms with van der Waals surface area (Å²) in [4.78, 5) is 30.1. The molecule has 1 unspecified atom stereocenters. The Bertz CT molecular complexity index is 797. The van der Waals surface area contributed by atoms with E-state index in [2.05, 4.69) is 10.3 Å². The molecule has 1 saturated heterocycles. The van der Waals surface area contributed by atoms with Crippen molar-refractivity contribution in [1.29, 1.82) is 0 Å². The molecule has 3 rings (SSSR count). The summed E-state index contributed by atoms with van der Waals surface area (Å²) >= 11 is 0. The Kier molecular flexibility index (Phi) is 8.20. The molecule has 1 aromatic heterocycles. The first kappa shape index (κ1) is 24.1. The molecule has 10 heteroatoms. The predicted octanol–water partition coefficient (Wildman–Crippen LogP) is 3.86. The molecule has 0 aromatic carbocycles. The molecule has 1 amide bonds. The maximum Gasteiger partial charge on any atom is 0.307 e. The lowest BCUT2D eigenvalue weighted by atomic mass is 10.1. The van der Waals surface area contributed by atoms with E-state index in [9.17, 15) is 22.8 Å². The summed E-state index contributed by atoms with van der Waals surface area (Å²) in [6.07, 6.45) is 3.97. The van der Waals surface area contributed by atoms with Gasteiger partial charge in [0.15, 0.2) is 6.23 Å². The maximum absolute atomic E-state index is 13.3. The Morgan fingerprint density at radius 1 is 1.22 bits per heavy atom. The number of nitrogens with zero attached hydrogens (tertiary/aromatic N) is 2. The number of unbranched alkanes of at least 4 members (excludes halogenated alkanes) is 3. The highest BCUT2D eigenvalue weighted by molar-refractivity contribution is 5.93. The van der Waals surface area contributed by atoms with Gasteiger partial charge < -0.3 is 19.7 Å². The van der Waals surface area contributed by atoms with Gasteiger partial charge in [0.2, 0.25) is 5.88 Å². The van der Waals surface area contributed by atoms with E-state index in [4.69, 9.17) is 9.47 Å². The molecule has 1 aromatic rings. The standard InChI is InChI=1S/C22H30F3N3O4/c1-15(32-19(29)6-4-2-3-5-11-23)26-20(30)17-9-10-18(28-13-22(24,25)14-28)21(27-17)31-12-16-7-8-16/h9-10,15-16H,2-8,11-14H2,1H3,(H,26,30). The van der Waals surface area contributed by atoms with Crippen molar-refractivity contribution < 1.29 is 32.2 Å². The summed E-state index contributed by atoms with van der Waals surface area (Å²) in [6, 6.07) is 2.98. The highest BCUT2D eigenvalue weighted by Gasteiger charge is 2.45. The predicted molar refractivity (Wildman–Crippen MR) is 112 cm³/mol. The molecule has 1 atom stereocenters. The summed E-state index contributed by atoms with van der Waals surface area (Å²) in [5, 5.41) is 2.55. The first-order valence-corrected chi connectivity index (χ1v) is 11.1. The van der Waals surface area contributed by atoms with Gasteiger partial charge in [0, 0.05) is 6.42 Å². The average molecular weight is 457 g/mol. The van der Waals surface area contributed by atoms with Gasteiger partial charge in [-0.3, -0.25) is 14.0 Å². The number of alkyl halides is 3. The van der Waals surface area contributed by atoms with Crippen LogP contribution in [-0.2, 0) is 9.53 Å². The van der Waals surface area contributed by atoms with Gasteiger partial charge in [-0.1, -0.05) is 12.8 Å². The van der Waals surface area contributed by atoms with Crippen molar-refractivity contribution in [1.82, 2.24) is 10.3 Å². The molecule has 2 fully saturated rings. The van der Waals surface area contributed by atoms with Crippen LogP contribution in [0.25, 0.3) is 0 Å². The number of carbonyl (C=O) groups is 2. The van der Waals surface area contributed by atoms with Crippen molar-refractivity contribution in [3.63, 3.8) is 0 Å². The molecule has 0 bridgehead atoms. The number of anilines is 1. The summed E-state index contributed by atoms with van der Waals surface area (Å²) in [6.45, 7) is 0.760. The molecule has 1 aliphatic carbocycles. The third-order valence-corrected chi connectivity index (χ3v) is 5.32. The molecule has 0 spiro atoms. The lowest BCUT2D eigenvalue weighted by Gasteiger charge is -2.40. The van der Waals surface area contributed by atoms with E-state index in [-0.39, 0.29) is 24.7 Å². The molecule has 2 aliphatic rings. The van der Waals surface area contributed by atoms with E-state index in [1.165, 1.54) is 17.9 Å². The number of amides is 1. The van der Waals surface area contributed by atoms with Crippen LogP contribution in [-0.4, -0.2) is 55.4 Å². The number of carbonyl (C=O) groups excluding carboxylic acids is 2. The van der Waals surface area contributed by atoms with Crippen LogP contribution >= 0.6 is 0 Å². The number of hydrogen-bond acceptors (Lipinski definition) is 6. The molecule has 1 aliphatic heterocycles. The maximum atomic E-state index is 13.3. The van der Waals surface area contributed by atoms with Crippen molar-refractivity contribution in [3.8, 4) is 5.88 Å². The van der Waals surface area contributed by atoms with Crippen LogP contribution in [0.1, 0.15) is 62.4 Å². The van der Waals surface area contributed by atoms with Gasteiger partial charge in [-0.25, -0.2) is 13.8 Å². The van der Waals surface area contributed by atoms with Crippen molar-refractivity contribution in [2.45, 2.75) is 64.0 Å². The number of hydrogen-bond donors (Lipinski definition) is 1. The fourth-order valence-corrected chi connectivity index (χ4v) is 3.33. The normalized spacial score (nSPS) is 17.9. The Labute approximate surface area is 185 Å². The first-order chi connectivity index (χ1) is 15.3. The number of ether oxygens (including phenoxy) is 2. The third-order valence-electron chi connectivity index (χ3n) is 5.32. The lowest BCUT2D eigenvalue weighted by Crippen LogP contribution is -2.56. The summed E-state index contributed by atoms with van der Waals surface area (Å²) in [5.74, 6) is -3.18. The lowest BCUT2D eigenvalue weighted by molar-refractivity contribution is -0.149. The highest BCUT2D eigenvalue weighted by Crippen LogP contribution is 2.37. The van der Waals surface area contributed by atoms with E-state index < -0.39 is 37.1 Å². The van der Waals surface area contributed by atoms with Gasteiger partial charge >= 0.3 is 5.97 Å². The molecule has 2 heterocycles. The first-order valence-electron chi connectivity index (χ1n) is 11.1. The number of aromatic nitrogens is 1. The van der Waals surface area contributed by atoms with Gasteiger partial charge in [-0.15, -0.1) is 0 Å². The fraction of sp³-hybridized carbons (Fsp3) is 0.682. The number of rotatable bonds is 13. The van der Waals surface area contributed by atoms with Crippen molar-refractivity contribution >= 4 is 17.6 Å². The van der Waals surface area contributed by atoms with E-state index >= 15 is 0 Å². The van der Waals surface area contributed by atoms with Crippen LogP contribution in [0.2, 0.25) is 0 Å². The molecule has 0 radical (unpaired) electrons. The summed E-state index contributed by atoms with van der Waals surface area (Å²) < 4.78 is 49.6. The topological polar surface area (TPSA) is 80.8 Å². The molecule has 178 valence electrons. The zero-order chi connectivity index (χ0) is 23.1. The zero-order valence-corrected chi connectivity index (χ0v) is 18.2. The minimum Gasteiger partial charge on any atom is -0.476 e. The average Bonchev–Trinajstić information content (AvgIpc) is 3.54. The highest BCUT2D eigenvalue weighted by atomic mass is 19.3. The monoisotopic (exact) mass is 457 g/mol. The molecule has 1 saturated carbocycles. The van der Waals surface area contributed by atoms with E-state index in [1.807, 2.05) is 0 Å². The second-order valence-electron chi connectivity index (χ2n) is 8.45. The minimum absolute atomic E-state index is 0.0425. The molecule has 32 heavy (non-hydrogen) atoms. The molecule has 1 N–H and O–H groups in total. The van der Waals surface area contributed by atoms with Crippen LogP contribution in [0, 0.1) is 5.92 Å². The number of halogens is 3. The largest absolute Gasteiger partial charge is 0.476 e. The second-order valence-corrected chi connectivity index (χ2v) is 8.45. The van der Waals surface area contributed by atoms with Crippen molar-refractivity contribution in [3.05, 3.63) is 17.8 Å². The van der Waals surface area contributed by atoms with Gasteiger partial charge in [0.05, 0.1) is 26.4 Å². The Balaban J connectivity index is 1.53. The molecule has 7 nitrogen and oxygen atoms in total. The Hall–Kier alpha value is -2.52. The van der Waals surface area contributed by atoms with Gasteiger partial charge in [-0.2, -0.15) is 0 Å². The van der Waals surface area contributed by atoms with E-state index in [1.54, 1.807) is 6.07 Å². The third kappa shape index (κ3) is 7.27. The van der Waals surface area contributed by atoms with Gasteiger partial charge in [0.1, 0.15) is 11.4 Å². The summed E-state index contributed by atoms with van der Waals surface area (Å²) in [5.41, 5.74) is 0.473. The SMILES string of the molecule is CC(NC(=O)c1ccc(N2CC(F)(F)C2)c(OCC2CC2)n1)OC(=O)CCCCCCF. The second kappa shape index (κ2) is 10.9. The van der Waals surface area contributed by atoms with Crippen LogP contribution in [0.15, 0.2) is 12.1 Å². The van der Waals surface area contributed by atoms with Crippen LogP contribution in [0.5, 0.6) is 5.88 Å². The number of nitrogens with one attached hydrogen (secondary N) is 1.